The van der Waals surface area contributed by atoms with Gasteiger partial charge in [-0.2, -0.15) is 0 Å². The molecule has 1 aromatic rings. The minimum Gasteiger partial charge on any atom is -0.478 e. The average molecular weight is 324 g/mol. The van der Waals surface area contributed by atoms with Gasteiger partial charge in [-0.3, -0.25) is 0 Å². The molecule has 0 aliphatic rings. The Bertz CT molecular complexity index is 402. The van der Waals surface area contributed by atoms with Gasteiger partial charge in [0.05, 0.1) is 4.47 Å². The Morgan fingerprint density at radius 2 is 2.00 bits per heavy atom. The van der Waals surface area contributed by atoms with Gasteiger partial charge in [-0.25, -0.2) is 9.18 Å². The maximum atomic E-state index is 12.9. The van der Waals surface area contributed by atoms with Gasteiger partial charge in [-0.15, -0.1) is 0 Å². The highest BCUT2D eigenvalue weighted by Crippen LogP contribution is 2.30. The van der Waals surface area contributed by atoms with Crippen LogP contribution in [0.15, 0.2) is 27.2 Å². The van der Waals surface area contributed by atoms with E-state index < -0.39 is 11.8 Å². The van der Waals surface area contributed by atoms with Gasteiger partial charge in [0, 0.05) is 10.5 Å². The third-order valence-electron chi connectivity index (χ3n) is 1.47. The summed E-state index contributed by atoms with van der Waals surface area (Å²) in [6.45, 7) is 0. The molecular formula is C9H5Br2FO2. The molecule has 14 heavy (non-hydrogen) atoms. The van der Waals surface area contributed by atoms with E-state index in [1.54, 1.807) is 0 Å². The Kier molecular flexibility index (Phi) is 3.83. The van der Waals surface area contributed by atoms with Gasteiger partial charge in [0.1, 0.15) is 5.82 Å². The number of carboxylic acid groups (broad SMARTS) is 1. The van der Waals surface area contributed by atoms with Crippen LogP contribution in [0.5, 0.6) is 0 Å². The third kappa shape index (κ3) is 2.65. The summed E-state index contributed by atoms with van der Waals surface area (Å²) in [4.78, 5) is 10.2. The molecule has 0 heterocycles. The second kappa shape index (κ2) is 4.70. The molecular weight excluding hydrogens is 319 g/mol. The van der Waals surface area contributed by atoms with E-state index in [-0.39, 0.29) is 4.47 Å². The van der Waals surface area contributed by atoms with E-state index in [0.29, 0.717) is 10.0 Å². The number of hydrogen-bond acceptors (Lipinski definition) is 1. The van der Waals surface area contributed by atoms with Crippen LogP contribution in [0.4, 0.5) is 4.39 Å². The molecule has 0 atom stereocenters. The molecule has 0 bridgehead atoms. The average Bonchev–Trinajstić information content (AvgIpc) is 2.13. The molecule has 0 aliphatic carbocycles. The van der Waals surface area contributed by atoms with E-state index in [2.05, 4.69) is 31.9 Å². The fourth-order valence-corrected chi connectivity index (χ4v) is 1.65. The van der Waals surface area contributed by atoms with Crippen LogP contribution in [0.2, 0.25) is 0 Å². The first kappa shape index (κ1) is 11.4. The summed E-state index contributed by atoms with van der Waals surface area (Å²) in [7, 11) is 0. The molecule has 74 valence electrons. The summed E-state index contributed by atoms with van der Waals surface area (Å²) in [6.07, 6.45) is 2.38. The summed E-state index contributed by atoms with van der Waals surface area (Å²) in [5.41, 5.74) is 0.598. The van der Waals surface area contributed by atoms with Crippen LogP contribution < -0.4 is 0 Å². The maximum Gasteiger partial charge on any atom is 0.328 e. The molecule has 1 aromatic carbocycles. The largest absolute Gasteiger partial charge is 0.478 e. The molecule has 0 amide bonds. The lowest BCUT2D eigenvalue weighted by Crippen LogP contribution is -1.87. The third-order valence-corrected chi connectivity index (χ3v) is 3.63. The van der Waals surface area contributed by atoms with E-state index in [1.807, 2.05) is 0 Å². The Labute approximate surface area is 96.7 Å². The lowest BCUT2D eigenvalue weighted by Gasteiger charge is -2.01. The van der Waals surface area contributed by atoms with Crippen LogP contribution in [0.3, 0.4) is 0 Å². The van der Waals surface area contributed by atoms with Crippen LogP contribution in [-0.2, 0) is 4.79 Å². The lowest BCUT2D eigenvalue weighted by molar-refractivity contribution is -0.131. The monoisotopic (exact) mass is 322 g/mol. The van der Waals surface area contributed by atoms with Crippen molar-refractivity contribution in [3.63, 3.8) is 0 Å². The summed E-state index contributed by atoms with van der Waals surface area (Å²) in [5.74, 6) is -1.44. The number of rotatable bonds is 2. The van der Waals surface area contributed by atoms with Gasteiger partial charge in [-0.05, 0) is 49.6 Å². The van der Waals surface area contributed by atoms with E-state index >= 15 is 0 Å². The SMILES string of the molecule is O=C(O)/C=C/c1ccc(F)c(Br)c1Br. The standard InChI is InChI=1S/C9H5Br2FO2/c10-8-5(2-4-7(13)14)1-3-6(12)9(8)11/h1-4H,(H,13,14)/b4-2+. The summed E-state index contributed by atoms with van der Waals surface area (Å²) >= 11 is 6.18. The van der Waals surface area contributed by atoms with Gasteiger partial charge in [0.2, 0.25) is 0 Å². The molecule has 2 nitrogen and oxygen atoms in total. The molecule has 1 N–H and O–H groups in total. The lowest BCUT2D eigenvalue weighted by atomic mass is 10.2. The minimum absolute atomic E-state index is 0.282. The number of carboxylic acids is 1. The Hall–Kier alpha value is -0.680. The molecule has 0 aliphatic heterocycles. The first-order valence-electron chi connectivity index (χ1n) is 3.57. The van der Waals surface area contributed by atoms with Crippen LogP contribution in [0.1, 0.15) is 5.56 Å². The second-order valence-electron chi connectivity index (χ2n) is 2.44. The fraction of sp³-hybridized carbons (Fsp3) is 0. The fourth-order valence-electron chi connectivity index (χ4n) is 0.831. The number of carbonyl (C=O) groups is 1. The van der Waals surface area contributed by atoms with Crippen molar-refractivity contribution in [3.8, 4) is 0 Å². The zero-order valence-corrected chi connectivity index (χ0v) is 9.97. The van der Waals surface area contributed by atoms with Gasteiger partial charge in [0.15, 0.2) is 0 Å². The number of benzene rings is 1. The molecule has 5 heteroatoms. The highest BCUT2D eigenvalue weighted by atomic mass is 79.9. The topological polar surface area (TPSA) is 37.3 Å². The first-order valence-corrected chi connectivity index (χ1v) is 5.15. The summed E-state index contributed by atoms with van der Waals surface area (Å²) in [5, 5.41) is 8.40. The number of aliphatic carboxylic acids is 1. The maximum absolute atomic E-state index is 12.9. The van der Waals surface area contributed by atoms with Crippen LogP contribution >= 0.6 is 31.9 Å². The number of hydrogen-bond donors (Lipinski definition) is 1. The molecule has 0 spiro atoms. The Morgan fingerprint density at radius 3 is 2.57 bits per heavy atom. The molecule has 0 fully saturated rings. The van der Waals surface area contributed by atoms with Crippen LogP contribution in [0, 0.1) is 5.82 Å². The van der Waals surface area contributed by atoms with Gasteiger partial charge in [-0.1, -0.05) is 6.07 Å². The van der Waals surface area contributed by atoms with Crippen molar-refractivity contribution in [2.24, 2.45) is 0 Å². The zero-order valence-electron chi connectivity index (χ0n) is 6.80. The van der Waals surface area contributed by atoms with Crippen molar-refractivity contribution >= 4 is 43.9 Å². The van der Waals surface area contributed by atoms with Crippen molar-refractivity contribution in [2.75, 3.05) is 0 Å². The Morgan fingerprint density at radius 1 is 1.36 bits per heavy atom. The minimum atomic E-state index is -1.04. The van der Waals surface area contributed by atoms with Gasteiger partial charge < -0.3 is 5.11 Å². The van der Waals surface area contributed by atoms with Crippen molar-refractivity contribution in [1.82, 2.24) is 0 Å². The van der Waals surface area contributed by atoms with Crippen molar-refractivity contribution in [2.45, 2.75) is 0 Å². The van der Waals surface area contributed by atoms with Gasteiger partial charge in [0.25, 0.3) is 0 Å². The smallest absolute Gasteiger partial charge is 0.328 e. The van der Waals surface area contributed by atoms with Gasteiger partial charge >= 0.3 is 5.97 Å². The van der Waals surface area contributed by atoms with Crippen molar-refractivity contribution in [1.29, 1.82) is 0 Å². The first-order chi connectivity index (χ1) is 6.52. The van der Waals surface area contributed by atoms with E-state index in [1.165, 1.54) is 18.2 Å². The van der Waals surface area contributed by atoms with E-state index in [0.717, 1.165) is 6.08 Å². The highest BCUT2D eigenvalue weighted by Gasteiger charge is 2.06. The molecule has 0 aromatic heterocycles. The second-order valence-corrected chi connectivity index (χ2v) is 4.02. The van der Waals surface area contributed by atoms with E-state index in [4.69, 9.17) is 5.11 Å². The summed E-state index contributed by atoms with van der Waals surface area (Å²) < 4.78 is 13.7. The predicted octanol–water partition coefficient (Wildman–Crippen LogP) is 3.45. The van der Waals surface area contributed by atoms with Crippen molar-refractivity contribution in [3.05, 3.63) is 38.5 Å². The van der Waals surface area contributed by atoms with Crippen molar-refractivity contribution < 1.29 is 14.3 Å². The molecule has 0 radical (unpaired) electrons. The zero-order chi connectivity index (χ0) is 10.7. The Balaban J connectivity index is 3.12. The summed E-state index contributed by atoms with van der Waals surface area (Å²) in [6, 6.07) is 2.75. The van der Waals surface area contributed by atoms with E-state index in [9.17, 15) is 9.18 Å². The van der Waals surface area contributed by atoms with Crippen LogP contribution in [0.25, 0.3) is 6.08 Å². The molecule has 1 rings (SSSR count). The molecule has 0 saturated heterocycles. The molecule has 0 unspecified atom stereocenters. The predicted molar refractivity (Wildman–Crippen MR) is 58.5 cm³/mol. The normalized spacial score (nSPS) is 10.8. The highest BCUT2D eigenvalue weighted by molar-refractivity contribution is 9.13. The van der Waals surface area contributed by atoms with Crippen LogP contribution in [-0.4, -0.2) is 11.1 Å². The number of halogens is 3. The molecule has 0 saturated carbocycles. The quantitative estimate of drug-likeness (QED) is 0.668.